The van der Waals surface area contributed by atoms with Crippen molar-refractivity contribution in [2.24, 2.45) is 10.7 Å². The Balaban J connectivity index is 5.06. The first-order valence-corrected chi connectivity index (χ1v) is 8.04. The van der Waals surface area contributed by atoms with Gasteiger partial charge in [-0.2, -0.15) is 0 Å². The van der Waals surface area contributed by atoms with Crippen molar-refractivity contribution in [3.05, 3.63) is 0 Å². The van der Waals surface area contributed by atoms with E-state index >= 15 is 0 Å². The molecule has 0 unspecified atom stereocenters. The van der Waals surface area contributed by atoms with Gasteiger partial charge in [0.1, 0.15) is 11.2 Å². The molecule has 0 aromatic rings. The van der Waals surface area contributed by atoms with Crippen molar-refractivity contribution in [3.63, 3.8) is 0 Å². The summed E-state index contributed by atoms with van der Waals surface area (Å²) in [6, 6.07) is 0. The Labute approximate surface area is 144 Å². The Morgan fingerprint density at radius 1 is 1.00 bits per heavy atom. The van der Waals surface area contributed by atoms with Crippen LogP contribution in [-0.4, -0.2) is 52.5 Å². The van der Waals surface area contributed by atoms with E-state index in [0.717, 1.165) is 4.90 Å². The maximum atomic E-state index is 12.3. The van der Waals surface area contributed by atoms with E-state index < -0.39 is 23.4 Å². The summed E-state index contributed by atoms with van der Waals surface area (Å²) in [7, 11) is 0. The third kappa shape index (κ3) is 10.8. The van der Waals surface area contributed by atoms with Gasteiger partial charge in [0.25, 0.3) is 0 Å². The van der Waals surface area contributed by atoms with Crippen LogP contribution in [0.2, 0.25) is 0 Å². The number of amides is 2. The predicted molar refractivity (Wildman–Crippen MR) is 91.7 cm³/mol. The molecule has 0 spiro atoms. The van der Waals surface area contributed by atoms with Crippen molar-refractivity contribution in [2.45, 2.75) is 72.0 Å². The van der Waals surface area contributed by atoms with Crippen LogP contribution in [0.4, 0.5) is 9.59 Å². The summed E-state index contributed by atoms with van der Waals surface area (Å²) in [6.45, 7) is 10.6. The summed E-state index contributed by atoms with van der Waals surface area (Å²) in [5, 5.41) is 8.81. The second kappa shape index (κ2) is 9.46. The number of nitrogens with two attached hydrogens (primary N) is 1. The first kappa shape index (κ1) is 22.2. The number of aliphatic hydroxyl groups is 1. The van der Waals surface area contributed by atoms with Crippen LogP contribution in [0.1, 0.15) is 60.8 Å². The van der Waals surface area contributed by atoms with Crippen LogP contribution in [-0.2, 0) is 9.47 Å². The molecule has 0 aromatic carbocycles. The van der Waals surface area contributed by atoms with E-state index in [0.29, 0.717) is 19.3 Å². The molecule has 0 heterocycles. The quantitative estimate of drug-likeness (QED) is 0.450. The highest BCUT2D eigenvalue weighted by molar-refractivity contribution is 5.98. The number of aliphatic hydroxyl groups excluding tert-OH is 1. The molecule has 0 bridgehead atoms. The second-order valence-corrected chi connectivity index (χ2v) is 7.37. The number of carbonyl (C=O) groups excluding carboxylic acids is 2. The lowest BCUT2D eigenvalue weighted by molar-refractivity contribution is 0.0364. The van der Waals surface area contributed by atoms with Crippen molar-refractivity contribution in [2.75, 3.05) is 13.2 Å². The Kier molecular flexibility index (Phi) is 8.74. The van der Waals surface area contributed by atoms with E-state index in [9.17, 15) is 9.59 Å². The zero-order chi connectivity index (χ0) is 19.0. The van der Waals surface area contributed by atoms with E-state index in [1.54, 1.807) is 41.5 Å². The number of hydrogen-bond acceptors (Lipinski definition) is 5. The van der Waals surface area contributed by atoms with Crippen LogP contribution >= 0.6 is 0 Å². The minimum Gasteiger partial charge on any atom is -0.443 e. The molecule has 8 nitrogen and oxygen atoms in total. The highest BCUT2D eigenvalue weighted by Gasteiger charge is 2.25. The van der Waals surface area contributed by atoms with Gasteiger partial charge in [-0.15, -0.1) is 4.99 Å². The molecule has 0 rings (SSSR count). The lowest BCUT2D eigenvalue weighted by Gasteiger charge is -2.26. The number of rotatable bonds is 5. The Bertz CT molecular complexity index is 450. The molecule has 3 N–H and O–H groups in total. The normalized spacial score (nSPS) is 12.7. The van der Waals surface area contributed by atoms with Gasteiger partial charge in [0, 0.05) is 13.2 Å². The van der Waals surface area contributed by atoms with Gasteiger partial charge in [0.05, 0.1) is 0 Å². The number of aliphatic imine (C=N–C) groups is 1. The second-order valence-electron chi connectivity index (χ2n) is 7.37. The molecule has 0 atom stereocenters. The van der Waals surface area contributed by atoms with E-state index in [2.05, 4.69) is 4.99 Å². The summed E-state index contributed by atoms with van der Waals surface area (Å²) in [5.41, 5.74) is 4.39. The summed E-state index contributed by atoms with van der Waals surface area (Å²) in [4.78, 5) is 28.8. The third-order valence-electron chi connectivity index (χ3n) is 2.53. The van der Waals surface area contributed by atoms with Crippen molar-refractivity contribution in [1.82, 2.24) is 4.90 Å². The van der Waals surface area contributed by atoms with Crippen LogP contribution in [0.3, 0.4) is 0 Å². The minimum absolute atomic E-state index is 0.0773. The maximum Gasteiger partial charge on any atom is 0.437 e. The SMILES string of the molecule is CC(C)(C)OC(=O)N=C(N)N(CCCCCO)C(=O)OC(C)(C)C. The lowest BCUT2D eigenvalue weighted by atomic mass is 10.2. The van der Waals surface area contributed by atoms with Crippen LogP contribution in [0.5, 0.6) is 0 Å². The largest absolute Gasteiger partial charge is 0.443 e. The molecule has 0 aliphatic rings. The number of ether oxygens (including phenoxy) is 2. The van der Waals surface area contributed by atoms with Crippen LogP contribution < -0.4 is 5.73 Å². The fourth-order valence-electron chi connectivity index (χ4n) is 1.61. The number of guanidine groups is 1. The number of hydrogen-bond donors (Lipinski definition) is 2. The number of carbonyl (C=O) groups is 2. The molecule has 2 amide bonds. The standard InChI is InChI=1S/C16H31N3O5/c1-15(2,3)23-13(21)18-12(17)19(10-8-7-9-11-20)14(22)24-16(4,5)6/h20H,7-11H2,1-6H3,(H2,17,18,21). The molecule has 8 heteroatoms. The molecule has 0 aromatic heterocycles. The van der Waals surface area contributed by atoms with E-state index in [4.69, 9.17) is 20.3 Å². The molecular weight excluding hydrogens is 314 g/mol. The Morgan fingerprint density at radius 3 is 2.00 bits per heavy atom. The Morgan fingerprint density at radius 2 is 1.54 bits per heavy atom. The van der Waals surface area contributed by atoms with Gasteiger partial charge in [-0.3, -0.25) is 0 Å². The van der Waals surface area contributed by atoms with Crippen LogP contribution in [0.15, 0.2) is 4.99 Å². The molecule has 0 aliphatic carbocycles. The first-order chi connectivity index (χ1) is 10.9. The average Bonchev–Trinajstić information content (AvgIpc) is 2.33. The van der Waals surface area contributed by atoms with Crippen molar-refractivity contribution >= 4 is 18.1 Å². The molecule has 0 saturated carbocycles. The topological polar surface area (TPSA) is 114 Å². The fraction of sp³-hybridized carbons (Fsp3) is 0.812. The van der Waals surface area contributed by atoms with Crippen molar-refractivity contribution in [3.8, 4) is 0 Å². The monoisotopic (exact) mass is 345 g/mol. The molecule has 0 saturated heterocycles. The highest BCUT2D eigenvalue weighted by atomic mass is 16.6. The molecular formula is C16H31N3O5. The molecule has 0 aliphatic heterocycles. The Hall–Kier alpha value is -1.83. The van der Waals surface area contributed by atoms with Gasteiger partial charge < -0.3 is 20.3 Å². The number of unbranched alkanes of at least 4 members (excludes halogenated alkanes) is 2. The van der Waals surface area contributed by atoms with Gasteiger partial charge in [0.2, 0.25) is 5.96 Å². The van der Waals surface area contributed by atoms with E-state index in [1.165, 1.54) is 0 Å². The highest BCUT2D eigenvalue weighted by Crippen LogP contribution is 2.12. The zero-order valence-corrected chi connectivity index (χ0v) is 15.6. The van der Waals surface area contributed by atoms with Crippen molar-refractivity contribution in [1.29, 1.82) is 0 Å². The molecule has 24 heavy (non-hydrogen) atoms. The third-order valence-corrected chi connectivity index (χ3v) is 2.53. The summed E-state index contributed by atoms with van der Waals surface area (Å²) in [6.07, 6.45) is 0.353. The summed E-state index contributed by atoms with van der Waals surface area (Å²) < 4.78 is 10.3. The molecule has 140 valence electrons. The van der Waals surface area contributed by atoms with Gasteiger partial charge >= 0.3 is 12.2 Å². The van der Waals surface area contributed by atoms with Crippen LogP contribution in [0, 0.1) is 0 Å². The molecule has 0 radical (unpaired) electrons. The van der Waals surface area contributed by atoms with E-state index in [1.807, 2.05) is 0 Å². The first-order valence-electron chi connectivity index (χ1n) is 8.04. The lowest BCUT2D eigenvalue weighted by Crippen LogP contribution is -2.45. The number of nitrogens with zero attached hydrogens (tertiary/aromatic N) is 2. The van der Waals surface area contributed by atoms with E-state index in [-0.39, 0.29) is 19.1 Å². The van der Waals surface area contributed by atoms with Crippen LogP contribution in [0.25, 0.3) is 0 Å². The van der Waals surface area contributed by atoms with Gasteiger partial charge in [0.15, 0.2) is 0 Å². The fourth-order valence-corrected chi connectivity index (χ4v) is 1.61. The maximum absolute atomic E-state index is 12.3. The molecule has 0 fully saturated rings. The minimum atomic E-state index is -0.871. The van der Waals surface area contributed by atoms with Gasteiger partial charge in [-0.1, -0.05) is 0 Å². The zero-order valence-electron chi connectivity index (χ0n) is 15.6. The van der Waals surface area contributed by atoms with Gasteiger partial charge in [-0.05, 0) is 60.8 Å². The average molecular weight is 345 g/mol. The summed E-state index contributed by atoms with van der Waals surface area (Å²) in [5.74, 6) is -0.275. The van der Waals surface area contributed by atoms with Gasteiger partial charge in [-0.25, -0.2) is 14.5 Å². The summed E-state index contributed by atoms with van der Waals surface area (Å²) >= 11 is 0. The predicted octanol–water partition coefficient (Wildman–Crippen LogP) is 2.64. The smallest absolute Gasteiger partial charge is 0.437 e. The van der Waals surface area contributed by atoms with Crippen molar-refractivity contribution < 1.29 is 24.2 Å².